The van der Waals surface area contributed by atoms with Crippen molar-refractivity contribution in [2.75, 3.05) is 13.1 Å². The van der Waals surface area contributed by atoms with E-state index in [1.165, 1.54) is 5.56 Å². The molecule has 0 aliphatic carbocycles. The number of benzene rings is 1. The highest BCUT2D eigenvalue weighted by atomic mass is 16.5. The number of rotatable bonds is 6. The molecule has 2 rings (SSSR count). The van der Waals surface area contributed by atoms with Crippen molar-refractivity contribution in [1.29, 1.82) is 0 Å². The molecule has 1 heterocycles. The van der Waals surface area contributed by atoms with Gasteiger partial charge in [0.25, 0.3) is 0 Å². The van der Waals surface area contributed by atoms with Gasteiger partial charge < -0.3 is 9.64 Å². The van der Waals surface area contributed by atoms with Crippen LogP contribution in [0.15, 0.2) is 43.0 Å². The number of hydrogen-bond donors (Lipinski definition) is 0. The first kappa shape index (κ1) is 14.8. The highest BCUT2D eigenvalue weighted by molar-refractivity contribution is 5.76. The lowest BCUT2D eigenvalue weighted by molar-refractivity contribution is -0.133. The largest absolute Gasteiger partial charge is 0.373 e. The van der Waals surface area contributed by atoms with E-state index < -0.39 is 0 Å². The Morgan fingerprint density at radius 3 is 2.65 bits per heavy atom. The molecular formula is C17H23NO2. The lowest BCUT2D eigenvalue weighted by Crippen LogP contribution is -2.40. The van der Waals surface area contributed by atoms with Crippen molar-refractivity contribution in [2.24, 2.45) is 0 Å². The number of likely N-dealkylation sites (tertiary alicyclic amines) is 1. The van der Waals surface area contributed by atoms with Crippen LogP contribution < -0.4 is 0 Å². The smallest absolute Gasteiger partial charge is 0.222 e. The molecule has 1 aliphatic heterocycles. The summed E-state index contributed by atoms with van der Waals surface area (Å²) in [4.78, 5) is 13.8. The Labute approximate surface area is 121 Å². The highest BCUT2D eigenvalue weighted by Gasteiger charge is 2.22. The summed E-state index contributed by atoms with van der Waals surface area (Å²) in [6.45, 7) is 5.94. The first-order valence-corrected chi connectivity index (χ1v) is 7.34. The first-order valence-electron chi connectivity index (χ1n) is 7.34. The topological polar surface area (TPSA) is 29.5 Å². The molecule has 1 amide bonds. The fourth-order valence-corrected chi connectivity index (χ4v) is 2.44. The quantitative estimate of drug-likeness (QED) is 0.745. The molecule has 0 unspecified atom stereocenters. The third-order valence-corrected chi connectivity index (χ3v) is 3.69. The predicted octanol–water partition coefficient (Wildman–Crippen LogP) is 3.16. The summed E-state index contributed by atoms with van der Waals surface area (Å²) < 4.78 is 5.92. The summed E-state index contributed by atoms with van der Waals surface area (Å²) in [5, 5.41) is 0. The molecule has 0 spiro atoms. The van der Waals surface area contributed by atoms with E-state index in [1.54, 1.807) is 6.08 Å². The lowest BCUT2D eigenvalue weighted by atomic mass is 10.1. The molecule has 1 saturated heterocycles. The SMILES string of the molecule is C=CCCC(=O)N1CCC(OCc2ccccc2)CC1. The van der Waals surface area contributed by atoms with Gasteiger partial charge in [-0.2, -0.15) is 0 Å². The molecule has 20 heavy (non-hydrogen) atoms. The maximum Gasteiger partial charge on any atom is 0.222 e. The molecule has 3 heteroatoms. The van der Waals surface area contributed by atoms with E-state index >= 15 is 0 Å². The number of amides is 1. The van der Waals surface area contributed by atoms with E-state index in [0.717, 1.165) is 32.4 Å². The summed E-state index contributed by atoms with van der Waals surface area (Å²) >= 11 is 0. The molecule has 1 aromatic carbocycles. The molecule has 0 aromatic heterocycles. The summed E-state index contributed by atoms with van der Waals surface area (Å²) in [6.07, 6.45) is 5.30. The average molecular weight is 273 g/mol. The Morgan fingerprint density at radius 2 is 2.00 bits per heavy atom. The molecule has 1 aromatic rings. The van der Waals surface area contributed by atoms with Crippen LogP contribution >= 0.6 is 0 Å². The number of carbonyl (C=O) groups is 1. The zero-order chi connectivity index (χ0) is 14.2. The van der Waals surface area contributed by atoms with Gasteiger partial charge in [-0.25, -0.2) is 0 Å². The zero-order valence-corrected chi connectivity index (χ0v) is 12.0. The fourth-order valence-electron chi connectivity index (χ4n) is 2.44. The van der Waals surface area contributed by atoms with Crippen LogP contribution in [0, 0.1) is 0 Å². The van der Waals surface area contributed by atoms with E-state index in [-0.39, 0.29) is 12.0 Å². The van der Waals surface area contributed by atoms with E-state index in [1.807, 2.05) is 23.1 Å². The van der Waals surface area contributed by atoms with E-state index in [9.17, 15) is 4.79 Å². The Kier molecular flexibility index (Phi) is 5.81. The second kappa shape index (κ2) is 7.85. The zero-order valence-electron chi connectivity index (χ0n) is 12.0. The fraction of sp³-hybridized carbons (Fsp3) is 0.471. The van der Waals surface area contributed by atoms with E-state index in [2.05, 4.69) is 18.7 Å². The lowest BCUT2D eigenvalue weighted by Gasteiger charge is -2.32. The van der Waals surface area contributed by atoms with Gasteiger partial charge in [0.15, 0.2) is 0 Å². The minimum Gasteiger partial charge on any atom is -0.373 e. The Bertz CT molecular complexity index is 422. The molecule has 1 fully saturated rings. The Morgan fingerprint density at radius 1 is 1.30 bits per heavy atom. The predicted molar refractivity (Wildman–Crippen MR) is 80.3 cm³/mol. The minimum atomic E-state index is 0.242. The maximum atomic E-state index is 11.9. The summed E-state index contributed by atoms with van der Waals surface area (Å²) in [6, 6.07) is 10.2. The van der Waals surface area contributed by atoms with Crippen molar-refractivity contribution >= 4 is 5.91 Å². The van der Waals surface area contributed by atoms with Crippen molar-refractivity contribution in [3.8, 4) is 0 Å². The van der Waals surface area contributed by atoms with Crippen molar-refractivity contribution in [3.63, 3.8) is 0 Å². The van der Waals surface area contributed by atoms with Crippen LogP contribution in [0.4, 0.5) is 0 Å². The van der Waals surface area contributed by atoms with Gasteiger partial charge in [0.1, 0.15) is 0 Å². The molecule has 108 valence electrons. The van der Waals surface area contributed by atoms with Gasteiger partial charge in [0, 0.05) is 19.5 Å². The standard InChI is InChI=1S/C17H23NO2/c1-2-3-9-17(19)18-12-10-16(11-13-18)20-14-15-7-5-4-6-8-15/h2,4-8,16H,1,3,9-14H2. The average Bonchev–Trinajstić information content (AvgIpc) is 2.52. The van der Waals surface area contributed by atoms with Crippen molar-refractivity contribution < 1.29 is 9.53 Å². The molecular weight excluding hydrogens is 250 g/mol. The first-order chi connectivity index (χ1) is 9.79. The van der Waals surface area contributed by atoms with Gasteiger partial charge in [0.05, 0.1) is 12.7 Å². The second-order valence-corrected chi connectivity index (χ2v) is 5.20. The number of nitrogens with zero attached hydrogens (tertiary/aromatic N) is 1. The van der Waals surface area contributed by atoms with Gasteiger partial charge in [-0.3, -0.25) is 4.79 Å². The molecule has 0 saturated carbocycles. The van der Waals surface area contributed by atoms with Crippen LogP contribution in [-0.4, -0.2) is 30.0 Å². The summed E-state index contributed by atoms with van der Waals surface area (Å²) in [5.74, 6) is 0.242. The molecule has 0 bridgehead atoms. The van der Waals surface area contributed by atoms with Crippen molar-refractivity contribution in [1.82, 2.24) is 4.90 Å². The van der Waals surface area contributed by atoms with E-state index in [0.29, 0.717) is 13.0 Å². The molecule has 0 atom stereocenters. The molecule has 0 radical (unpaired) electrons. The third-order valence-electron chi connectivity index (χ3n) is 3.69. The van der Waals surface area contributed by atoms with Crippen molar-refractivity contribution in [3.05, 3.63) is 48.6 Å². The number of allylic oxidation sites excluding steroid dienone is 1. The minimum absolute atomic E-state index is 0.242. The summed E-state index contributed by atoms with van der Waals surface area (Å²) in [5.41, 5.74) is 1.21. The number of piperidine rings is 1. The number of ether oxygens (including phenoxy) is 1. The van der Waals surface area contributed by atoms with Crippen LogP contribution in [0.2, 0.25) is 0 Å². The van der Waals surface area contributed by atoms with Gasteiger partial charge in [-0.05, 0) is 24.8 Å². The van der Waals surface area contributed by atoms with Crippen LogP contribution in [-0.2, 0) is 16.1 Å². The van der Waals surface area contributed by atoms with Gasteiger partial charge >= 0.3 is 0 Å². The van der Waals surface area contributed by atoms with Crippen LogP contribution in [0.3, 0.4) is 0 Å². The normalized spacial score (nSPS) is 16.1. The van der Waals surface area contributed by atoms with Gasteiger partial charge in [-0.15, -0.1) is 6.58 Å². The van der Waals surface area contributed by atoms with Crippen LogP contribution in [0.5, 0.6) is 0 Å². The summed E-state index contributed by atoms with van der Waals surface area (Å²) in [7, 11) is 0. The number of carbonyl (C=O) groups excluding carboxylic acids is 1. The van der Waals surface area contributed by atoms with Crippen LogP contribution in [0.25, 0.3) is 0 Å². The second-order valence-electron chi connectivity index (χ2n) is 5.20. The molecule has 3 nitrogen and oxygen atoms in total. The van der Waals surface area contributed by atoms with Crippen LogP contribution in [0.1, 0.15) is 31.2 Å². The Balaban J connectivity index is 1.69. The highest BCUT2D eigenvalue weighted by Crippen LogP contribution is 2.16. The molecule has 1 aliphatic rings. The maximum absolute atomic E-state index is 11.9. The van der Waals surface area contributed by atoms with Gasteiger partial charge in [0.2, 0.25) is 5.91 Å². The molecule has 0 N–H and O–H groups in total. The Hall–Kier alpha value is -1.61. The number of hydrogen-bond acceptors (Lipinski definition) is 2. The third kappa shape index (κ3) is 4.49. The monoisotopic (exact) mass is 273 g/mol. The van der Waals surface area contributed by atoms with Crippen molar-refractivity contribution in [2.45, 2.75) is 38.4 Å². The van der Waals surface area contributed by atoms with E-state index in [4.69, 9.17) is 4.74 Å². The van der Waals surface area contributed by atoms with Gasteiger partial charge in [-0.1, -0.05) is 36.4 Å².